The van der Waals surface area contributed by atoms with E-state index >= 15 is 0 Å². The Morgan fingerprint density at radius 1 is 1.12 bits per heavy atom. The molecule has 0 unspecified atom stereocenters. The van der Waals surface area contributed by atoms with E-state index in [1.165, 1.54) is 16.9 Å². The van der Waals surface area contributed by atoms with Crippen LogP contribution < -0.4 is 0 Å². The number of hydrogen-bond acceptors (Lipinski definition) is 2. The Hall–Kier alpha value is -1.38. The first-order chi connectivity index (χ1) is 7.84. The highest BCUT2D eigenvalue weighted by Gasteiger charge is 2.07. The van der Waals surface area contributed by atoms with Crippen LogP contribution in [0.2, 0.25) is 5.02 Å². The van der Waals surface area contributed by atoms with Crippen LogP contribution in [-0.2, 0) is 0 Å². The molecule has 0 amide bonds. The second-order valence-electron chi connectivity index (χ2n) is 3.46. The SMILES string of the molecule is Clc1ccc(-c2nsc3c[c]ccc23)cc1. The molecule has 0 bridgehead atoms. The zero-order valence-corrected chi connectivity index (χ0v) is 9.85. The molecule has 1 nitrogen and oxygen atoms in total. The van der Waals surface area contributed by atoms with Gasteiger partial charge in [0, 0.05) is 16.0 Å². The third-order valence-corrected chi connectivity index (χ3v) is 3.49. The van der Waals surface area contributed by atoms with Gasteiger partial charge in [-0.1, -0.05) is 35.9 Å². The minimum Gasteiger partial charge on any atom is -0.191 e. The highest BCUT2D eigenvalue weighted by Crippen LogP contribution is 2.30. The maximum Gasteiger partial charge on any atom is 0.0919 e. The number of fused-ring (bicyclic) bond motifs is 1. The monoisotopic (exact) mass is 244 g/mol. The Bertz CT molecular complexity index is 628. The summed E-state index contributed by atoms with van der Waals surface area (Å²) in [5, 5.41) is 1.92. The summed E-state index contributed by atoms with van der Waals surface area (Å²) in [5.41, 5.74) is 2.12. The Morgan fingerprint density at radius 2 is 1.94 bits per heavy atom. The topological polar surface area (TPSA) is 12.9 Å². The molecular weight excluding hydrogens is 238 g/mol. The van der Waals surface area contributed by atoms with Crippen molar-refractivity contribution in [3.63, 3.8) is 0 Å². The number of aromatic nitrogens is 1. The van der Waals surface area contributed by atoms with Crippen LogP contribution in [0, 0.1) is 6.07 Å². The molecule has 3 aromatic rings. The van der Waals surface area contributed by atoms with Gasteiger partial charge in [0.05, 0.1) is 10.4 Å². The van der Waals surface area contributed by atoms with E-state index in [2.05, 4.69) is 10.4 Å². The molecule has 0 aliphatic rings. The molecule has 77 valence electrons. The van der Waals surface area contributed by atoms with Crippen LogP contribution in [-0.4, -0.2) is 4.37 Å². The van der Waals surface area contributed by atoms with Gasteiger partial charge in [0.1, 0.15) is 0 Å². The first-order valence-electron chi connectivity index (χ1n) is 4.86. The van der Waals surface area contributed by atoms with E-state index < -0.39 is 0 Å². The molecule has 0 saturated heterocycles. The first-order valence-corrected chi connectivity index (χ1v) is 6.01. The molecule has 0 N–H and O–H groups in total. The van der Waals surface area contributed by atoms with E-state index in [4.69, 9.17) is 11.6 Å². The standard InChI is InChI=1S/C13H7ClNS/c14-10-7-5-9(6-8-10)13-11-3-1-2-4-12(11)16-15-13/h1,3-8H. The Balaban J connectivity index is 2.22. The molecule has 3 heteroatoms. The lowest BCUT2D eigenvalue weighted by Gasteiger charge is -1.97. The smallest absolute Gasteiger partial charge is 0.0919 e. The quantitative estimate of drug-likeness (QED) is 0.618. The Morgan fingerprint density at radius 3 is 2.75 bits per heavy atom. The highest BCUT2D eigenvalue weighted by atomic mass is 35.5. The van der Waals surface area contributed by atoms with Crippen LogP contribution in [0.1, 0.15) is 0 Å². The molecule has 1 heterocycles. The average molecular weight is 245 g/mol. The van der Waals surface area contributed by atoms with Crippen molar-refractivity contribution >= 4 is 33.2 Å². The van der Waals surface area contributed by atoms with Crippen molar-refractivity contribution < 1.29 is 0 Å². The Labute approximate surface area is 102 Å². The van der Waals surface area contributed by atoms with Gasteiger partial charge in [-0.15, -0.1) is 0 Å². The largest absolute Gasteiger partial charge is 0.191 e. The summed E-state index contributed by atoms with van der Waals surface area (Å²) in [4.78, 5) is 0. The van der Waals surface area contributed by atoms with E-state index in [1.807, 2.05) is 42.5 Å². The predicted molar refractivity (Wildman–Crippen MR) is 68.9 cm³/mol. The van der Waals surface area contributed by atoms with Gasteiger partial charge in [-0.3, -0.25) is 0 Å². The molecule has 1 aromatic heterocycles. The zero-order valence-electron chi connectivity index (χ0n) is 8.27. The molecular formula is C13H7ClNS. The van der Waals surface area contributed by atoms with Gasteiger partial charge < -0.3 is 0 Å². The van der Waals surface area contributed by atoms with E-state index in [0.29, 0.717) is 0 Å². The minimum absolute atomic E-state index is 0.747. The summed E-state index contributed by atoms with van der Waals surface area (Å²) < 4.78 is 5.63. The molecule has 2 aromatic carbocycles. The lowest BCUT2D eigenvalue weighted by molar-refractivity contribution is 1.54. The number of hydrogen-bond donors (Lipinski definition) is 0. The molecule has 3 rings (SSSR count). The van der Waals surface area contributed by atoms with Crippen LogP contribution >= 0.6 is 23.1 Å². The molecule has 0 atom stereocenters. The van der Waals surface area contributed by atoms with Gasteiger partial charge >= 0.3 is 0 Å². The van der Waals surface area contributed by atoms with Gasteiger partial charge in [-0.2, -0.15) is 4.37 Å². The lowest BCUT2D eigenvalue weighted by atomic mass is 10.1. The Kier molecular flexibility index (Phi) is 2.39. The summed E-state index contributed by atoms with van der Waals surface area (Å²) in [6, 6.07) is 16.7. The van der Waals surface area contributed by atoms with Crippen molar-refractivity contribution in [1.82, 2.24) is 4.37 Å². The van der Waals surface area contributed by atoms with Crippen LogP contribution in [0.3, 0.4) is 0 Å². The van der Waals surface area contributed by atoms with Gasteiger partial charge in [0.25, 0.3) is 0 Å². The van der Waals surface area contributed by atoms with Crippen molar-refractivity contribution in [2.75, 3.05) is 0 Å². The third-order valence-electron chi connectivity index (χ3n) is 2.43. The molecule has 1 radical (unpaired) electrons. The van der Waals surface area contributed by atoms with Gasteiger partial charge in [-0.25, -0.2) is 0 Å². The fourth-order valence-corrected chi connectivity index (χ4v) is 2.55. The van der Waals surface area contributed by atoms with E-state index in [0.717, 1.165) is 21.0 Å². The third kappa shape index (κ3) is 1.60. The highest BCUT2D eigenvalue weighted by molar-refractivity contribution is 7.13. The van der Waals surface area contributed by atoms with E-state index in [1.54, 1.807) is 0 Å². The zero-order chi connectivity index (χ0) is 11.0. The summed E-state index contributed by atoms with van der Waals surface area (Å²) >= 11 is 7.37. The maximum atomic E-state index is 5.87. The molecule has 0 aliphatic carbocycles. The summed E-state index contributed by atoms with van der Waals surface area (Å²) in [6.45, 7) is 0. The average Bonchev–Trinajstić information content (AvgIpc) is 2.74. The van der Waals surface area contributed by atoms with Crippen LogP contribution in [0.15, 0.2) is 42.5 Å². The van der Waals surface area contributed by atoms with E-state index in [-0.39, 0.29) is 0 Å². The van der Waals surface area contributed by atoms with Crippen molar-refractivity contribution in [3.8, 4) is 11.3 Å². The van der Waals surface area contributed by atoms with Gasteiger partial charge in [0.15, 0.2) is 0 Å². The second kappa shape index (κ2) is 3.89. The lowest BCUT2D eigenvalue weighted by Crippen LogP contribution is -1.77. The number of benzene rings is 2. The van der Waals surface area contributed by atoms with Crippen LogP contribution in [0.4, 0.5) is 0 Å². The normalized spacial score (nSPS) is 10.8. The fourth-order valence-electron chi connectivity index (χ4n) is 1.65. The molecule has 0 fully saturated rings. The summed E-state index contributed by atoms with van der Waals surface area (Å²) in [6.07, 6.45) is 0. The van der Waals surface area contributed by atoms with E-state index in [9.17, 15) is 0 Å². The van der Waals surface area contributed by atoms with Gasteiger partial charge in [-0.05, 0) is 35.8 Å². The predicted octanol–water partition coefficient (Wildman–Crippen LogP) is 4.42. The van der Waals surface area contributed by atoms with Gasteiger partial charge in [0.2, 0.25) is 0 Å². The molecule has 16 heavy (non-hydrogen) atoms. The number of nitrogens with zero attached hydrogens (tertiary/aromatic N) is 1. The summed E-state index contributed by atoms with van der Waals surface area (Å²) in [5.74, 6) is 0. The first kappa shape index (κ1) is 9.82. The molecule has 0 saturated carbocycles. The van der Waals surface area contributed by atoms with Crippen molar-refractivity contribution in [2.24, 2.45) is 0 Å². The number of rotatable bonds is 1. The molecule has 0 aliphatic heterocycles. The summed E-state index contributed by atoms with van der Waals surface area (Å²) in [7, 11) is 0. The van der Waals surface area contributed by atoms with Crippen molar-refractivity contribution in [3.05, 3.63) is 53.6 Å². The van der Waals surface area contributed by atoms with Crippen molar-refractivity contribution in [1.29, 1.82) is 0 Å². The van der Waals surface area contributed by atoms with Crippen molar-refractivity contribution in [2.45, 2.75) is 0 Å². The maximum absolute atomic E-state index is 5.87. The van der Waals surface area contributed by atoms with Crippen LogP contribution in [0.25, 0.3) is 21.3 Å². The fraction of sp³-hybridized carbons (Fsp3) is 0. The number of halogens is 1. The second-order valence-corrected chi connectivity index (χ2v) is 4.70. The molecule has 0 spiro atoms. The minimum atomic E-state index is 0.747. The van der Waals surface area contributed by atoms with Crippen LogP contribution in [0.5, 0.6) is 0 Å².